The van der Waals surface area contributed by atoms with Crippen LogP contribution in [0.5, 0.6) is 11.5 Å². The zero-order valence-electron chi connectivity index (χ0n) is 12.0. The quantitative estimate of drug-likeness (QED) is 0.754. The number of anilines is 1. The Morgan fingerprint density at radius 2 is 2.00 bits per heavy atom. The van der Waals surface area contributed by atoms with Crippen LogP contribution in [0.25, 0.3) is 0 Å². The van der Waals surface area contributed by atoms with E-state index in [1.165, 1.54) is 13.2 Å². The lowest BCUT2D eigenvalue weighted by molar-refractivity contribution is 0.0939. The lowest BCUT2D eigenvalue weighted by Crippen LogP contribution is -2.27. The molecule has 1 atom stereocenters. The van der Waals surface area contributed by atoms with Crippen LogP contribution in [0.15, 0.2) is 42.5 Å². The number of hydrogen-bond donors (Lipinski definition) is 3. The van der Waals surface area contributed by atoms with E-state index in [9.17, 15) is 9.90 Å². The Morgan fingerprint density at radius 3 is 2.62 bits per heavy atom. The van der Waals surface area contributed by atoms with Gasteiger partial charge in [0.25, 0.3) is 5.91 Å². The van der Waals surface area contributed by atoms with Gasteiger partial charge in [0.2, 0.25) is 0 Å². The minimum Gasteiger partial charge on any atom is -0.504 e. The Morgan fingerprint density at radius 1 is 1.29 bits per heavy atom. The van der Waals surface area contributed by atoms with Crippen molar-refractivity contribution in [1.29, 1.82) is 0 Å². The number of carbonyl (C=O) groups excluding carboxylic acids is 1. The van der Waals surface area contributed by atoms with Gasteiger partial charge in [0, 0.05) is 11.3 Å². The molecular formula is C16H18N2O3. The molecule has 5 heteroatoms. The summed E-state index contributed by atoms with van der Waals surface area (Å²) in [6.45, 7) is 1.85. The molecule has 21 heavy (non-hydrogen) atoms. The summed E-state index contributed by atoms with van der Waals surface area (Å²) in [7, 11) is 1.45. The van der Waals surface area contributed by atoms with E-state index < -0.39 is 0 Å². The summed E-state index contributed by atoms with van der Waals surface area (Å²) in [6.07, 6.45) is 0. The monoisotopic (exact) mass is 286 g/mol. The van der Waals surface area contributed by atoms with Gasteiger partial charge < -0.3 is 20.9 Å². The zero-order valence-corrected chi connectivity index (χ0v) is 12.0. The Hall–Kier alpha value is -2.69. The molecule has 2 rings (SSSR count). The van der Waals surface area contributed by atoms with Crippen LogP contribution < -0.4 is 15.8 Å². The molecule has 0 aliphatic carbocycles. The number of benzene rings is 2. The second-order valence-electron chi connectivity index (χ2n) is 4.71. The van der Waals surface area contributed by atoms with Crippen LogP contribution in [0.2, 0.25) is 0 Å². The van der Waals surface area contributed by atoms with E-state index in [1.54, 1.807) is 18.2 Å². The Kier molecular flexibility index (Phi) is 4.33. The van der Waals surface area contributed by atoms with Crippen LogP contribution in [0.4, 0.5) is 5.69 Å². The molecule has 110 valence electrons. The van der Waals surface area contributed by atoms with Crippen molar-refractivity contribution in [3.8, 4) is 11.5 Å². The number of rotatable bonds is 4. The summed E-state index contributed by atoms with van der Waals surface area (Å²) in [5, 5.41) is 12.6. The van der Waals surface area contributed by atoms with Crippen molar-refractivity contribution < 1.29 is 14.6 Å². The van der Waals surface area contributed by atoms with Crippen LogP contribution in [0, 0.1) is 0 Å². The topological polar surface area (TPSA) is 84.6 Å². The molecule has 0 spiro atoms. The third-order valence-electron chi connectivity index (χ3n) is 3.25. The highest BCUT2D eigenvalue weighted by atomic mass is 16.5. The number of carbonyl (C=O) groups is 1. The predicted octanol–water partition coefficient (Wildman–Crippen LogP) is 2.47. The maximum Gasteiger partial charge on any atom is 0.251 e. The van der Waals surface area contributed by atoms with Gasteiger partial charge in [0.05, 0.1) is 13.2 Å². The fourth-order valence-corrected chi connectivity index (χ4v) is 2.09. The van der Waals surface area contributed by atoms with E-state index in [0.29, 0.717) is 17.0 Å². The van der Waals surface area contributed by atoms with Crippen molar-refractivity contribution in [2.24, 2.45) is 0 Å². The lowest BCUT2D eigenvalue weighted by atomic mass is 10.1. The maximum atomic E-state index is 12.2. The largest absolute Gasteiger partial charge is 0.504 e. The molecule has 0 saturated heterocycles. The highest BCUT2D eigenvalue weighted by molar-refractivity contribution is 5.95. The van der Waals surface area contributed by atoms with Gasteiger partial charge in [0.1, 0.15) is 0 Å². The number of para-hydroxylation sites is 1. The average Bonchev–Trinajstić information content (AvgIpc) is 2.47. The summed E-state index contributed by atoms with van der Waals surface area (Å²) in [5.74, 6) is -0.0346. The van der Waals surface area contributed by atoms with Crippen LogP contribution >= 0.6 is 0 Å². The second kappa shape index (κ2) is 6.17. The Balaban J connectivity index is 2.14. The van der Waals surface area contributed by atoms with Crippen molar-refractivity contribution in [3.05, 3.63) is 53.6 Å². The number of hydrogen-bond acceptors (Lipinski definition) is 4. The molecule has 0 fully saturated rings. The number of phenolic OH excluding ortho intramolecular Hbond substituents is 1. The zero-order chi connectivity index (χ0) is 15.4. The number of nitrogens with two attached hydrogens (primary N) is 1. The average molecular weight is 286 g/mol. The summed E-state index contributed by atoms with van der Waals surface area (Å²) < 4.78 is 4.95. The number of nitrogens with one attached hydrogen (secondary N) is 1. The molecule has 0 aromatic heterocycles. The van der Waals surface area contributed by atoms with E-state index in [-0.39, 0.29) is 17.7 Å². The predicted molar refractivity (Wildman–Crippen MR) is 81.4 cm³/mol. The molecule has 2 aromatic rings. The van der Waals surface area contributed by atoms with Crippen LogP contribution in [-0.2, 0) is 0 Å². The standard InChI is InChI=1S/C16H18N2O3/c1-10(12-5-3-4-6-13(12)17)18-16(20)11-7-8-15(21-2)14(19)9-11/h3-10,19H,17H2,1-2H3,(H,18,20). The van der Waals surface area contributed by atoms with Gasteiger partial charge in [-0.2, -0.15) is 0 Å². The molecule has 0 aliphatic rings. The van der Waals surface area contributed by atoms with E-state index >= 15 is 0 Å². The third-order valence-corrected chi connectivity index (χ3v) is 3.25. The fourth-order valence-electron chi connectivity index (χ4n) is 2.09. The number of aromatic hydroxyl groups is 1. The molecule has 0 bridgehead atoms. The first-order valence-corrected chi connectivity index (χ1v) is 6.55. The summed E-state index contributed by atoms with van der Waals surface area (Å²) >= 11 is 0. The smallest absolute Gasteiger partial charge is 0.251 e. The normalized spacial score (nSPS) is 11.7. The summed E-state index contributed by atoms with van der Waals surface area (Å²) in [5.41, 5.74) is 7.72. The SMILES string of the molecule is COc1ccc(C(=O)NC(C)c2ccccc2N)cc1O. The third kappa shape index (κ3) is 3.25. The molecule has 1 unspecified atom stereocenters. The van der Waals surface area contributed by atoms with Gasteiger partial charge >= 0.3 is 0 Å². The van der Waals surface area contributed by atoms with E-state index in [1.807, 2.05) is 25.1 Å². The molecule has 0 radical (unpaired) electrons. The molecule has 0 saturated carbocycles. The first kappa shape index (κ1) is 14.7. The van der Waals surface area contributed by atoms with Crippen molar-refractivity contribution >= 4 is 11.6 Å². The van der Waals surface area contributed by atoms with Gasteiger partial charge in [-0.1, -0.05) is 18.2 Å². The van der Waals surface area contributed by atoms with Gasteiger partial charge in [-0.25, -0.2) is 0 Å². The highest BCUT2D eigenvalue weighted by Gasteiger charge is 2.14. The number of ether oxygens (including phenoxy) is 1. The second-order valence-corrected chi connectivity index (χ2v) is 4.71. The summed E-state index contributed by atoms with van der Waals surface area (Å²) in [4.78, 5) is 12.2. The fraction of sp³-hybridized carbons (Fsp3) is 0.188. The van der Waals surface area contributed by atoms with E-state index in [0.717, 1.165) is 5.56 Å². The minimum absolute atomic E-state index is 0.0722. The van der Waals surface area contributed by atoms with Gasteiger partial charge in [0.15, 0.2) is 11.5 Å². The number of phenols is 1. The van der Waals surface area contributed by atoms with Crippen LogP contribution in [0.1, 0.15) is 28.9 Å². The molecule has 0 aliphatic heterocycles. The number of methoxy groups -OCH3 is 1. The Labute approximate surface area is 123 Å². The van der Waals surface area contributed by atoms with Gasteiger partial charge in [-0.15, -0.1) is 0 Å². The lowest BCUT2D eigenvalue weighted by Gasteiger charge is -2.16. The van der Waals surface area contributed by atoms with Crippen LogP contribution in [0.3, 0.4) is 0 Å². The van der Waals surface area contributed by atoms with E-state index in [2.05, 4.69) is 5.32 Å². The van der Waals surface area contributed by atoms with Crippen molar-refractivity contribution in [2.75, 3.05) is 12.8 Å². The maximum absolute atomic E-state index is 12.2. The molecule has 5 nitrogen and oxygen atoms in total. The Bertz CT molecular complexity index is 656. The molecule has 1 amide bonds. The number of nitrogen functional groups attached to an aromatic ring is 1. The van der Waals surface area contributed by atoms with Gasteiger partial charge in [-0.3, -0.25) is 4.79 Å². The molecule has 0 heterocycles. The molecule has 4 N–H and O–H groups in total. The van der Waals surface area contributed by atoms with Gasteiger partial charge in [-0.05, 0) is 36.8 Å². The van der Waals surface area contributed by atoms with Crippen LogP contribution in [-0.4, -0.2) is 18.1 Å². The first-order valence-electron chi connectivity index (χ1n) is 6.55. The van der Waals surface area contributed by atoms with E-state index in [4.69, 9.17) is 10.5 Å². The molecular weight excluding hydrogens is 268 g/mol. The molecule has 2 aromatic carbocycles. The van der Waals surface area contributed by atoms with Crippen molar-refractivity contribution in [3.63, 3.8) is 0 Å². The first-order chi connectivity index (χ1) is 10.0. The minimum atomic E-state index is -0.288. The number of amides is 1. The summed E-state index contributed by atoms with van der Waals surface area (Å²) in [6, 6.07) is 11.6. The van der Waals surface area contributed by atoms with Crippen molar-refractivity contribution in [2.45, 2.75) is 13.0 Å². The van der Waals surface area contributed by atoms with Crippen molar-refractivity contribution in [1.82, 2.24) is 5.32 Å². The highest BCUT2D eigenvalue weighted by Crippen LogP contribution is 2.26.